The molecular weight excluding hydrogens is 331 g/mol. The topological polar surface area (TPSA) is 86.7 Å². The van der Waals surface area contributed by atoms with Gasteiger partial charge in [0.2, 0.25) is 5.91 Å². The van der Waals surface area contributed by atoms with Crippen LogP contribution in [0.25, 0.3) is 0 Å². The van der Waals surface area contributed by atoms with E-state index in [-0.39, 0.29) is 30.1 Å². The zero-order chi connectivity index (χ0) is 20.5. The Morgan fingerprint density at radius 3 is 2.15 bits per heavy atom. The second-order valence-corrected chi connectivity index (χ2v) is 5.56. The molecule has 0 aromatic carbocycles. The summed E-state index contributed by atoms with van der Waals surface area (Å²) in [7, 11) is 3.50. The Hall–Kier alpha value is -1.89. The molecule has 1 saturated heterocycles. The number of nitrogens with zero attached hydrogens (tertiary/aromatic N) is 1. The summed E-state index contributed by atoms with van der Waals surface area (Å²) in [5, 5.41) is 9.12. The molecule has 0 saturated carbocycles. The fraction of sp³-hybridized carbons (Fsp3) is 0.632. The van der Waals surface area contributed by atoms with Gasteiger partial charge in [-0.1, -0.05) is 33.8 Å². The lowest BCUT2D eigenvalue weighted by molar-refractivity contribution is -0.131. The summed E-state index contributed by atoms with van der Waals surface area (Å²) in [6.07, 6.45) is 7.41. The van der Waals surface area contributed by atoms with Crippen LogP contribution in [0.5, 0.6) is 0 Å². The first kappa shape index (κ1) is 26.3. The van der Waals surface area contributed by atoms with E-state index in [0.717, 1.165) is 32.4 Å². The molecule has 1 atom stereocenters. The van der Waals surface area contributed by atoms with Gasteiger partial charge in [-0.2, -0.15) is 0 Å². The number of hydrogen-bond acceptors (Lipinski definition) is 4. The normalized spacial score (nSPS) is 14.7. The first-order valence-corrected chi connectivity index (χ1v) is 9.19. The van der Waals surface area contributed by atoms with Gasteiger partial charge in [-0.3, -0.25) is 14.4 Å². The van der Waals surface area contributed by atoms with Crippen LogP contribution in [0, 0.1) is 5.92 Å². The van der Waals surface area contributed by atoms with E-state index in [1.54, 1.807) is 17.9 Å². The number of amides is 2. The standard InChI is InChI=1S/C17H26N2O3.C2H6.BHO/c1-4-13(3)15(20)9-8-14(5-2)17(22)18-12-16(21)19-10-6-7-11-19;2*1-2/h5,8-9,13H,4,6-7,10-12H2,1-3H3,(H,18,22);1-2H3;2H/b9-8-,14-5+;;. The Labute approximate surface area is 159 Å². The molecule has 26 heavy (non-hydrogen) atoms. The molecule has 1 unspecified atom stereocenters. The monoisotopic (exact) mass is 364 g/mol. The molecule has 7 heteroatoms. The van der Waals surface area contributed by atoms with Crippen molar-refractivity contribution < 1.29 is 19.4 Å². The van der Waals surface area contributed by atoms with Crippen molar-refractivity contribution in [2.75, 3.05) is 19.6 Å². The molecule has 1 rings (SSSR count). The minimum atomic E-state index is -0.330. The van der Waals surface area contributed by atoms with Gasteiger partial charge >= 0.3 is 0 Å². The first-order chi connectivity index (χ1) is 12.5. The Kier molecular flexibility index (Phi) is 16.8. The lowest BCUT2D eigenvalue weighted by Crippen LogP contribution is -2.39. The van der Waals surface area contributed by atoms with Crippen molar-refractivity contribution in [3.63, 3.8) is 0 Å². The predicted octanol–water partition coefficient (Wildman–Crippen LogP) is 1.93. The van der Waals surface area contributed by atoms with Gasteiger partial charge in [0.1, 0.15) is 0 Å². The molecular formula is C19H33BN2O4. The number of allylic oxidation sites excluding steroid dienone is 2. The zero-order valence-corrected chi connectivity index (χ0v) is 16.7. The summed E-state index contributed by atoms with van der Waals surface area (Å²) in [6.45, 7) is 11.1. The molecule has 146 valence electrons. The molecule has 2 N–H and O–H groups in total. The van der Waals surface area contributed by atoms with Crippen LogP contribution in [0.3, 0.4) is 0 Å². The summed E-state index contributed by atoms with van der Waals surface area (Å²) < 4.78 is 0. The number of hydrogen-bond donors (Lipinski definition) is 2. The maximum Gasteiger partial charge on any atom is 0.277 e. The van der Waals surface area contributed by atoms with Crippen molar-refractivity contribution in [2.45, 2.75) is 53.9 Å². The van der Waals surface area contributed by atoms with Crippen LogP contribution in [-0.4, -0.2) is 55.2 Å². The molecule has 6 nitrogen and oxygen atoms in total. The molecule has 1 fully saturated rings. The first-order valence-electron chi connectivity index (χ1n) is 9.19. The molecule has 0 bridgehead atoms. The maximum atomic E-state index is 12.0. The van der Waals surface area contributed by atoms with Crippen molar-refractivity contribution in [3.05, 3.63) is 23.8 Å². The number of nitrogens with one attached hydrogen (secondary N) is 1. The van der Waals surface area contributed by atoms with Crippen LogP contribution in [0.15, 0.2) is 23.8 Å². The van der Waals surface area contributed by atoms with Gasteiger partial charge < -0.3 is 15.2 Å². The highest BCUT2D eigenvalue weighted by molar-refractivity contribution is 6.00. The van der Waals surface area contributed by atoms with Gasteiger partial charge in [0.15, 0.2) is 5.78 Å². The van der Waals surface area contributed by atoms with Crippen LogP contribution in [0.1, 0.15) is 53.9 Å². The van der Waals surface area contributed by atoms with E-state index in [1.165, 1.54) is 12.2 Å². The molecule has 1 heterocycles. The smallest absolute Gasteiger partial charge is 0.277 e. The van der Waals surface area contributed by atoms with Gasteiger partial charge in [-0.15, -0.1) is 0 Å². The summed E-state index contributed by atoms with van der Waals surface area (Å²) in [4.78, 5) is 37.4. The minimum absolute atomic E-state index is 0.00259. The quantitative estimate of drug-likeness (QED) is 0.411. The van der Waals surface area contributed by atoms with Crippen molar-refractivity contribution >= 4 is 25.6 Å². The minimum Gasteiger partial charge on any atom is -0.461 e. The fourth-order valence-corrected chi connectivity index (χ4v) is 2.18. The molecule has 1 aliphatic heterocycles. The van der Waals surface area contributed by atoms with Gasteiger partial charge in [-0.05, 0) is 38.3 Å². The van der Waals surface area contributed by atoms with Crippen LogP contribution in [0.4, 0.5) is 0 Å². The van der Waals surface area contributed by atoms with E-state index in [1.807, 2.05) is 27.7 Å². The lowest BCUT2D eigenvalue weighted by atomic mass is 10.0. The third-order valence-electron chi connectivity index (χ3n) is 3.96. The second kappa shape index (κ2) is 16.6. The number of likely N-dealkylation sites (tertiary alicyclic amines) is 1. The summed E-state index contributed by atoms with van der Waals surface area (Å²) in [5.74, 6) is -0.429. The van der Waals surface area contributed by atoms with Gasteiger partial charge in [0.25, 0.3) is 14.0 Å². The molecule has 2 radical (unpaired) electrons. The van der Waals surface area contributed by atoms with Crippen molar-refractivity contribution in [3.8, 4) is 0 Å². The molecule has 0 spiro atoms. The van der Waals surface area contributed by atoms with Crippen LogP contribution in [-0.2, 0) is 14.4 Å². The summed E-state index contributed by atoms with van der Waals surface area (Å²) in [6, 6.07) is 0. The predicted molar refractivity (Wildman–Crippen MR) is 106 cm³/mol. The Balaban J connectivity index is 0. The second-order valence-electron chi connectivity index (χ2n) is 5.56. The number of carbonyl (C=O) groups excluding carboxylic acids is 3. The van der Waals surface area contributed by atoms with E-state index >= 15 is 0 Å². The Morgan fingerprint density at radius 2 is 1.69 bits per heavy atom. The van der Waals surface area contributed by atoms with Crippen molar-refractivity contribution in [2.24, 2.45) is 5.92 Å². The molecule has 2 amide bonds. The van der Waals surface area contributed by atoms with Gasteiger partial charge in [0.05, 0.1) is 6.54 Å². The average molecular weight is 364 g/mol. The van der Waals surface area contributed by atoms with Crippen LogP contribution < -0.4 is 5.32 Å². The highest BCUT2D eigenvalue weighted by Crippen LogP contribution is 2.07. The Morgan fingerprint density at radius 1 is 1.15 bits per heavy atom. The number of rotatable bonds is 7. The zero-order valence-electron chi connectivity index (χ0n) is 16.7. The van der Waals surface area contributed by atoms with Crippen LogP contribution in [0.2, 0.25) is 0 Å². The molecule has 0 aromatic rings. The molecule has 0 aromatic heterocycles. The highest BCUT2D eigenvalue weighted by atomic mass is 16.2. The van der Waals surface area contributed by atoms with E-state index in [2.05, 4.69) is 13.4 Å². The van der Waals surface area contributed by atoms with Crippen molar-refractivity contribution in [1.29, 1.82) is 0 Å². The van der Waals surface area contributed by atoms with E-state index in [9.17, 15) is 14.4 Å². The van der Waals surface area contributed by atoms with Crippen molar-refractivity contribution in [1.82, 2.24) is 10.2 Å². The van der Waals surface area contributed by atoms with E-state index < -0.39 is 0 Å². The third kappa shape index (κ3) is 10.2. The third-order valence-corrected chi connectivity index (χ3v) is 3.96. The van der Waals surface area contributed by atoms with Crippen LogP contribution >= 0.6 is 0 Å². The lowest BCUT2D eigenvalue weighted by Gasteiger charge is -2.15. The maximum absolute atomic E-state index is 12.0. The summed E-state index contributed by atoms with van der Waals surface area (Å²) >= 11 is 0. The number of ketones is 1. The number of carbonyl (C=O) groups is 3. The Bertz CT molecular complexity index is 484. The van der Waals surface area contributed by atoms with Gasteiger partial charge in [-0.25, -0.2) is 0 Å². The molecule has 0 aliphatic carbocycles. The fourth-order valence-electron chi connectivity index (χ4n) is 2.18. The average Bonchev–Trinajstić information content (AvgIpc) is 3.23. The van der Waals surface area contributed by atoms with E-state index in [0.29, 0.717) is 5.57 Å². The highest BCUT2D eigenvalue weighted by Gasteiger charge is 2.18. The molecule has 1 aliphatic rings. The SMILES string of the molecule is C/C=C(\C=C/C(=O)C(C)CC)C(=O)NCC(=O)N1CCCC1.CC.[B]O. The van der Waals surface area contributed by atoms with E-state index in [4.69, 9.17) is 5.02 Å². The largest absolute Gasteiger partial charge is 0.461 e. The van der Waals surface area contributed by atoms with Gasteiger partial charge in [0, 0.05) is 24.6 Å². The summed E-state index contributed by atoms with van der Waals surface area (Å²) in [5.41, 5.74) is 0.394.